The summed E-state index contributed by atoms with van der Waals surface area (Å²) < 4.78 is 25.5. The first-order valence-electron chi connectivity index (χ1n) is 9.56. The van der Waals surface area contributed by atoms with Crippen molar-refractivity contribution in [3.63, 3.8) is 0 Å². The second-order valence-electron chi connectivity index (χ2n) is 6.93. The molecule has 0 amide bonds. The minimum Gasteiger partial charge on any atom is -0.358 e. The first kappa shape index (κ1) is 18.7. The van der Waals surface area contributed by atoms with E-state index < -0.39 is 7.60 Å². The Bertz CT molecular complexity index is 738. The molecule has 0 aliphatic heterocycles. The van der Waals surface area contributed by atoms with Gasteiger partial charge in [-0.15, -0.1) is 0 Å². The van der Waals surface area contributed by atoms with E-state index in [0.29, 0.717) is 19.1 Å². The summed E-state index contributed by atoms with van der Waals surface area (Å²) in [5, 5.41) is 1.15. The largest absolute Gasteiger partial charge is 0.358 e. The number of benzene rings is 1. The molecule has 4 nitrogen and oxygen atoms in total. The Morgan fingerprint density at radius 2 is 1.76 bits per heavy atom. The Balaban J connectivity index is 2.15. The quantitative estimate of drug-likeness (QED) is 0.582. The number of H-pyrrole nitrogens is 1. The molecule has 1 aromatic heterocycles. The average molecular weight is 363 g/mol. The Kier molecular flexibility index (Phi) is 6.04. The van der Waals surface area contributed by atoms with E-state index in [1.54, 1.807) is 0 Å². The van der Waals surface area contributed by atoms with Crippen LogP contribution in [-0.4, -0.2) is 18.2 Å². The summed E-state index contributed by atoms with van der Waals surface area (Å²) in [6.07, 6.45) is 5.84. The molecule has 0 spiro atoms. The highest BCUT2D eigenvalue weighted by atomic mass is 31.2. The Morgan fingerprint density at radius 3 is 2.40 bits per heavy atom. The van der Waals surface area contributed by atoms with Crippen LogP contribution >= 0.6 is 7.60 Å². The van der Waals surface area contributed by atoms with Crippen LogP contribution in [0.3, 0.4) is 0 Å². The van der Waals surface area contributed by atoms with Gasteiger partial charge in [0, 0.05) is 16.6 Å². The summed E-state index contributed by atoms with van der Waals surface area (Å²) in [4.78, 5) is 3.47. The van der Waals surface area contributed by atoms with Crippen LogP contribution in [0.15, 0.2) is 24.3 Å². The number of para-hydroxylation sites is 1. The third-order valence-corrected chi connectivity index (χ3v) is 7.89. The normalized spacial score (nSPS) is 17.9. The molecule has 1 unspecified atom stereocenters. The van der Waals surface area contributed by atoms with Gasteiger partial charge in [-0.25, -0.2) is 0 Å². The number of nitrogens with one attached hydrogen (secondary N) is 1. The van der Waals surface area contributed by atoms with E-state index in [4.69, 9.17) is 9.05 Å². The molecule has 25 heavy (non-hydrogen) atoms. The molecule has 1 atom stereocenters. The van der Waals surface area contributed by atoms with Crippen LogP contribution in [0.4, 0.5) is 0 Å². The van der Waals surface area contributed by atoms with Crippen molar-refractivity contribution < 1.29 is 13.6 Å². The SMILES string of the molecule is CCOP(=O)(OCC)C(c1c(C)[nH]c2ccccc12)C1CCCCC1. The summed E-state index contributed by atoms with van der Waals surface area (Å²) >= 11 is 0. The van der Waals surface area contributed by atoms with E-state index in [0.717, 1.165) is 35.0 Å². The van der Waals surface area contributed by atoms with Gasteiger partial charge in [-0.05, 0) is 51.2 Å². The predicted octanol–water partition coefficient (Wildman–Crippen LogP) is 6.36. The molecule has 0 radical (unpaired) electrons. The minimum atomic E-state index is -3.24. The van der Waals surface area contributed by atoms with E-state index >= 15 is 0 Å². The topological polar surface area (TPSA) is 51.3 Å². The molecule has 138 valence electrons. The standard InChI is InChI=1S/C20H30NO3P/c1-4-23-25(22,24-5-2)20(16-11-7-6-8-12-16)19-15(3)21-18-14-10-9-13-17(18)19/h9-10,13-14,16,20-21H,4-8,11-12H2,1-3H3. The van der Waals surface area contributed by atoms with Gasteiger partial charge in [0.2, 0.25) is 0 Å². The maximum absolute atomic E-state index is 13.8. The number of aryl methyl sites for hydroxylation is 1. The average Bonchev–Trinajstić information content (AvgIpc) is 2.93. The lowest BCUT2D eigenvalue weighted by atomic mass is 9.83. The molecular weight excluding hydrogens is 333 g/mol. The Labute approximate surface area is 150 Å². The Hall–Kier alpha value is -1.09. The third kappa shape index (κ3) is 3.72. The van der Waals surface area contributed by atoms with Crippen molar-refractivity contribution in [2.45, 2.75) is 58.5 Å². The lowest BCUT2D eigenvalue weighted by Gasteiger charge is -2.35. The van der Waals surface area contributed by atoms with Gasteiger partial charge in [-0.1, -0.05) is 37.5 Å². The predicted molar refractivity (Wildman–Crippen MR) is 103 cm³/mol. The number of aromatic nitrogens is 1. The second kappa shape index (κ2) is 8.07. The van der Waals surface area contributed by atoms with Crippen molar-refractivity contribution >= 4 is 18.5 Å². The van der Waals surface area contributed by atoms with Crippen LogP contribution in [0.2, 0.25) is 0 Å². The monoisotopic (exact) mass is 363 g/mol. The number of hydrogen-bond donors (Lipinski definition) is 1. The highest BCUT2D eigenvalue weighted by Gasteiger charge is 2.44. The van der Waals surface area contributed by atoms with Crippen LogP contribution in [0.25, 0.3) is 10.9 Å². The van der Waals surface area contributed by atoms with E-state index in [1.165, 1.54) is 19.3 Å². The number of rotatable bonds is 7. The maximum Gasteiger partial charge on any atom is 0.338 e. The Morgan fingerprint density at radius 1 is 1.12 bits per heavy atom. The molecule has 0 saturated heterocycles. The zero-order valence-electron chi connectivity index (χ0n) is 15.6. The zero-order chi connectivity index (χ0) is 17.9. The van der Waals surface area contributed by atoms with Crippen molar-refractivity contribution in [3.05, 3.63) is 35.5 Å². The molecule has 1 aliphatic rings. The van der Waals surface area contributed by atoms with E-state index in [-0.39, 0.29) is 5.66 Å². The van der Waals surface area contributed by atoms with Crippen molar-refractivity contribution in [1.82, 2.24) is 4.98 Å². The molecule has 3 rings (SSSR count). The second-order valence-corrected chi connectivity index (χ2v) is 9.08. The van der Waals surface area contributed by atoms with Gasteiger partial charge < -0.3 is 14.0 Å². The fraction of sp³-hybridized carbons (Fsp3) is 0.600. The highest BCUT2D eigenvalue weighted by Crippen LogP contribution is 2.66. The van der Waals surface area contributed by atoms with Gasteiger partial charge in [-0.2, -0.15) is 0 Å². The van der Waals surface area contributed by atoms with Gasteiger partial charge in [0.25, 0.3) is 0 Å². The first-order chi connectivity index (χ1) is 12.1. The van der Waals surface area contributed by atoms with E-state index in [9.17, 15) is 4.57 Å². The highest BCUT2D eigenvalue weighted by molar-refractivity contribution is 7.54. The molecule has 0 bridgehead atoms. The van der Waals surface area contributed by atoms with Crippen LogP contribution < -0.4 is 0 Å². The summed E-state index contributed by atoms with van der Waals surface area (Å²) in [5.74, 6) is 0.343. The number of aromatic amines is 1. The van der Waals surface area contributed by atoms with Crippen LogP contribution in [0.5, 0.6) is 0 Å². The number of hydrogen-bond acceptors (Lipinski definition) is 3. The van der Waals surface area contributed by atoms with E-state index in [1.807, 2.05) is 26.0 Å². The molecule has 1 heterocycles. The van der Waals surface area contributed by atoms with Crippen molar-refractivity contribution in [2.75, 3.05) is 13.2 Å². The molecule has 1 saturated carbocycles. The minimum absolute atomic E-state index is 0.191. The first-order valence-corrected chi connectivity index (χ1v) is 11.2. The van der Waals surface area contributed by atoms with Crippen LogP contribution in [0.1, 0.15) is 62.9 Å². The van der Waals surface area contributed by atoms with Gasteiger partial charge >= 0.3 is 7.60 Å². The van der Waals surface area contributed by atoms with Crippen LogP contribution in [0, 0.1) is 12.8 Å². The van der Waals surface area contributed by atoms with Crippen molar-refractivity contribution in [3.8, 4) is 0 Å². The summed E-state index contributed by atoms with van der Waals surface area (Å²) in [6.45, 7) is 6.68. The van der Waals surface area contributed by atoms with Gasteiger partial charge in [-0.3, -0.25) is 4.57 Å². The molecule has 5 heteroatoms. The van der Waals surface area contributed by atoms with Crippen molar-refractivity contribution in [1.29, 1.82) is 0 Å². The fourth-order valence-electron chi connectivity index (χ4n) is 4.34. The number of fused-ring (bicyclic) bond motifs is 1. The lowest BCUT2D eigenvalue weighted by Crippen LogP contribution is -2.19. The molecule has 1 aromatic carbocycles. The summed E-state index contributed by atoms with van der Waals surface area (Å²) in [5.41, 5.74) is 3.11. The van der Waals surface area contributed by atoms with Gasteiger partial charge in [0.15, 0.2) is 0 Å². The molecular formula is C20H30NO3P. The van der Waals surface area contributed by atoms with Crippen molar-refractivity contribution in [2.24, 2.45) is 5.92 Å². The van der Waals surface area contributed by atoms with Gasteiger partial charge in [0.05, 0.1) is 18.9 Å². The fourth-order valence-corrected chi connectivity index (χ4v) is 6.92. The van der Waals surface area contributed by atoms with Crippen LogP contribution in [-0.2, 0) is 13.6 Å². The molecule has 2 aromatic rings. The molecule has 1 N–H and O–H groups in total. The van der Waals surface area contributed by atoms with Gasteiger partial charge in [0.1, 0.15) is 0 Å². The molecule has 1 fully saturated rings. The summed E-state index contributed by atoms with van der Waals surface area (Å²) in [7, 11) is -3.24. The molecule has 1 aliphatic carbocycles. The van der Waals surface area contributed by atoms with E-state index in [2.05, 4.69) is 24.0 Å². The smallest absolute Gasteiger partial charge is 0.338 e. The third-order valence-electron chi connectivity index (χ3n) is 5.29. The maximum atomic E-state index is 13.8. The summed E-state index contributed by atoms with van der Waals surface area (Å²) in [6, 6.07) is 8.27. The zero-order valence-corrected chi connectivity index (χ0v) is 16.5. The lowest BCUT2D eigenvalue weighted by molar-refractivity contribution is 0.195.